The monoisotopic (exact) mass is 616 g/mol. The van der Waals surface area contributed by atoms with E-state index in [1.165, 1.54) is 30.3 Å². The largest absolute Gasteiger partial charge is 0.508 e. The Labute approximate surface area is 253 Å². The highest BCUT2D eigenvalue weighted by Gasteiger charge is 2.29. The Morgan fingerprint density at radius 1 is 0.907 bits per heavy atom. The van der Waals surface area contributed by atoms with E-state index in [0.717, 1.165) is 5.56 Å². The molecule has 234 valence electrons. The van der Waals surface area contributed by atoms with E-state index in [2.05, 4.69) is 21.5 Å². The average molecular weight is 617 g/mol. The van der Waals surface area contributed by atoms with Crippen LogP contribution < -0.4 is 27.2 Å². The summed E-state index contributed by atoms with van der Waals surface area (Å²) in [5, 5.41) is 14.5. The lowest BCUT2D eigenvalue weighted by atomic mass is 10.0. The van der Waals surface area contributed by atoms with Crippen LogP contribution >= 0.6 is 0 Å². The van der Waals surface area contributed by atoms with E-state index in [4.69, 9.17) is 5.73 Å². The van der Waals surface area contributed by atoms with Crippen LogP contribution in [0.25, 0.3) is 0 Å². The molecule has 0 radical (unpaired) electrons. The van der Waals surface area contributed by atoms with Gasteiger partial charge in [-0.2, -0.15) is 0 Å². The molecule has 0 saturated heterocycles. The third-order valence-electron chi connectivity index (χ3n) is 6.55. The smallest absolute Gasteiger partial charge is 0.261 e. The Balaban J connectivity index is 2.07. The highest BCUT2D eigenvalue weighted by atomic mass is 32.2. The number of nitrogens with two attached hydrogens (primary N) is 1. The molecule has 0 spiro atoms. The van der Waals surface area contributed by atoms with Crippen LogP contribution in [0.3, 0.4) is 0 Å². The van der Waals surface area contributed by atoms with Crippen molar-refractivity contribution in [1.82, 2.24) is 26.4 Å². The van der Waals surface area contributed by atoms with Gasteiger partial charge in [0.25, 0.3) is 5.91 Å². The van der Waals surface area contributed by atoms with Gasteiger partial charge in [-0.3, -0.25) is 39.0 Å². The van der Waals surface area contributed by atoms with Crippen molar-refractivity contribution in [3.63, 3.8) is 0 Å². The molecule has 0 heterocycles. The molecule has 2 aromatic carbocycles. The average Bonchev–Trinajstić information content (AvgIpc) is 3.00. The van der Waals surface area contributed by atoms with Crippen LogP contribution in [0, 0.1) is 0 Å². The molecule has 1 unspecified atom stereocenters. The van der Waals surface area contributed by atoms with Gasteiger partial charge in [0.15, 0.2) is 0 Å². The molecule has 43 heavy (non-hydrogen) atoms. The van der Waals surface area contributed by atoms with Gasteiger partial charge in [-0.15, -0.1) is 0 Å². The van der Waals surface area contributed by atoms with Gasteiger partial charge in [0.1, 0.15) is 17.8 Å². The fraction of sp³-hybridized carbons (Fsp3) is 0.414. The van der Waals surface area contributed by atoms with Gasteiger partial charge in [0.05, 0.1) is 12.6 Å². The molecule has 0 aromatic heterocycles. The van der Waals surface area contributed by atoms with Gasteiger partial charge in [-0.05, 0) is 36.1 Å². The molecule has 2 rings (SSSR count). The summed E-state index contributed by atoms with van der Waals surface area (Å²) in [5.41, 5.74) is 12.1. The molecule has 4 atom stereocenters. The van der Waals surface area contributed by atoms with E-state index in [9.17, 15) is 33.3 Å². The number of hydrazine groups is 1. The zero-order valence-corrected chi connectivity index (χ0v) is 25.3. The quantitative estimate of drug-likeness (QED) is 0.141. The summed E-state index contributed by atoms with van der Waals surface area (Å²) in [4.78, 5) is 64.7. The van der Waals surface area contributed by atoms with Crippen molar-refractivity contribution in [2.75, 3.05) is 25.6 Å². The van der Waals surface area contributed by atoms with Gasteiger partial charge in [-0.1, -0.05) is 49.4 Å². The van der Waals surface area contributed by atoms with Crippen molar-refractivity contribution in [3.05, 3.63) is 65.7 Å². The van der Waals surface area contributed by atoms with Crippen LogP contribution in [0.2, 0.25) is 0 Å². The lowest BCUT2D eigenvalue weighted by Crippen LogP contribution is -2.56. The number of amides is 5. The second kappa shape index (κ2) is 17.6. The summed E-state index contributed by atoms with van der Waals surface area (Å²) in [6.07, 6.45) is 1.94. The maximum atomic E-state index is 13.1. The predicted molar refractivity (Wildman–Crippen MR) is 162 cm³/mol. The van der Waals surface area contributed by atoms with E-state index in [1.54, 1.807) is 43.3 Å². The van der Waals surface area contributed by atoms with Crippen molar-refractivity contribution < 1.29 is 33.3 Å². The van der Waals surface area contributed by atoms with Crippen molar-refractivity contribution in [3.8, 4) is 5.75 Å². The summed E-state index contributed by atoms with van der Waals surface area (Å²) in [6, 6.07) is 12.0. The minimum atomic E-state index is -1.26. The van der Waals surface area contributed by atoms with Crippen molar-refractivity contribution in [1.29, 1.82) is 0 Å². The summed E-state index contributed by atoms with van der Waals surface area (Å²) in [7, 11) is 0.153. The van der Waals surface area contributed by atoms with Crippen LogP contribution in [0.5, 0.6) is 5.75 Å². The number of nitrogens with zero attached hydrogens (tertiary/aromatic N) is 1. The van der Waals surface area contributed by atoms with Gasteiger partial charge < -0.3 is 26.4 Å². The number of rotatable bonds is 15. The molecule has 7 N–H and O–H groups in total. The van der Waals surface area contributed by atoms with E-state index < -0.39 is 65.0 Å². The number of carbonyl (C=O) groups excluding carboxylic acids is 5. The number of likely N-dealkylation sites (N-methyl/N-ethyl adjacent to an activating group) is 1. The first-order valence-electron chi connectivity index (χ1n) is 13.7. The minimum absolute atomic E-state index is 0.0345. The molecule has 0 bridgehead atoms. The molecule has 2 aromatic rings. The van der Waals surface area contributed by atoms with Crippen LogP contribution in [0.15, 0.2) is 54.6 Å². The third-order valence-corrected chi connectivity index (χ3v) is 7.36. The number of aromatic hydroxyl groups is 1. The molecule has 5 amide bonds. The zero-order valence-electron chi connectivity index (χ0n) is 24.5. The topological polar surface area (TPSA) is 200 Å². The predicted octanol–water partition coefficient (Wildman–Crippen LogP) is -0.741. The molecule has 0 fully saturated rings. The standard InChI is InChI=1S/C29H40N6O7S/c1-4-25(37)33-34-29(41)24(17-19-8-6-5-7-9-19)35(2)26(38)18-31-28(40)23(14-15-43(3)42)32-27(39)22(30)16-20-10-12-21(36)13-11-20/h5-13,22-24,36H,4,14-18,30H2,1-3H3,(H,31,40)(H,32,39)(H,33,37)(H,34,41)/t22-,23+,24-,43?/m0/s1. The van der Waals surface area contributed by atoms with Crippen LogP contribution in [0.1, 0.15) is 30.9 Å². The maximum absolute atomic E-state index is 13.1. The van der Waals surface area contributed by atoms with Crippen LogP contribution in [-0.4, -0.2) is 87.5 Å². The van der Waals surface area contributed by atoms with E-state index >= 15 is 0 Å². The fourth-order valence-electron chi connectivity index (χ4n) is 3.94. The summed E-state index contributed by atoms with van der Waals surface area (Å²) < 4.78 is 11.7. The third kappa shape index (κ3) is 12.2. The molecule has 0 aliphatic carbocycles. The first kappa shape index (κ1) is 34.9. The number of carbonyl (C=O) groups is 5. The Morgan fingerprint density at radius 2 is 1.53 bits per heavy atom. The molecule has 14 heteroatoms. The SMILES string of the molecule is CCC(=O)NNC(=O)[C@H](Cc1ccccc1)N(C)C(=O)CNC(=O)[C@@H](CCS(C)=O)NC(=O)[C@@H](N)Cc1ccc(O)cc1. The second-order valence-corrected chi connectivity index (χ2v) is 11.5. The Kier molecular flexibility index (Phi) is 14.3. The minimum Gasteiger partial charge on any atom is -0.508 e. The summed E-state index contributed by atoms with van der Waals surface area (Å²) in [5.74, 6) is -2.74. The first-order chi connectivity index (χ1) is 20.4. The maximum Gasteiger partial charge on any atom is 0.261 e. The van der Waals surface area contributed by atoms with Gasteiger partial charge in [-0.25, -0.2) is 0 Å². The summed E-state index contributed by atoms with van der Waals surface area (Å²) in [6.45, 7) is 1.13. The highest BCUT2D eigenvalue weighted by Crippen LogP contribution is 2.11. The number of hydrogen-bond acceptors (Lipinski definition) is 8. The molecule has 0 aliphatic rings. The molecular weight excluding hydrogens is 576 g/mol. The molecular formula is C29H40N6O7S. The number of hydrogen-bond donors (Lipinski definition) is 6. The normalized spacial score (nSPS) is 13.5. The number of phenolic OH excluding ortho intramolecular Hbond substituents is 1. The van der Waals surface area contributed by atoms with Crippen LogP contribution in [-0.2, 0) is 47.6 Å². The molecule has 0 aliphatic heterocycles. The van der Waals surface area contributed by atoms with Crippen molar-refractivity contribution >= 4 is 40.3 Å². The Morgan fingerprint density at radius 3 is 2.14 bits per heavy atom. The van der Waals surface area contributed by atoms with E-state index in [-0.39, 0.29) is 37.2 Å². The lowest BCUT2D eigenvalue weighted by molar-refractivity contribution is -0.140. The fourth-order valence-corrected chi connectivity index (χ4v) is 4.51. The number of benzene rings is 2. The molecule has 0 saturated carbocycles. The highest BCUT2D eigenvalue weighted by molar-refractivity contribution is 7.84. The Bertz CT molecular complexity index is 1280. The first-order valence-corrected chi connectivity index (χ1v) is 15.4. The van der Waals surface area contributed by atoms with Crippen molar-refractivity contribution in [2.24, 2.45) is 5.73 Å². The number of nitrogens with one attached hydrogen (secondary N) is 4. The Hall–Kier alpha value is -4.30. The summed E-state index contributed by atoms with van der Waals surface area (Å²) >= 11 is 0. The van der Waals surface area contributed by atoms with Crippen molar-refractivity contribution in [2.45, 2.75) is 50.7 Å². The van der Waals surface area contributed by atoms with Gasteiger partial charge in [0, 0.05) is 42.7 Å². The van der Waals surface area contributed by atoms with E-state index in [0.29, 0.717) is 5.56 Å². The lowest BCUT2D eigenvalue weighted by Gasteiger charge is -2.28. The van der Waals surface area contributed by atoms with E-state index in [1.807, 2.05) is 6.07 Å². The van der Waals surface area contributed by atoms with Gasteiger partial charge in [0.2, 0.25) is 23.6 Å². The van der Waals surface area contributed by atoms with Crippen LogP contribution in [0.4, 0.5) is 0 Å². The second-order valence-electron chi connectivity index (χ2n) is 9.92. The zero-order chi connectivity index (χ0) is 31.9. The number of phenols is 1. The molecule has 13 nitrogen and oxygen atoms in total. The van der Waals surface area contributed by atoms with Gasteiger partial charge >= 0.3 is 0 Å².